The van der Waals surface area contributed by atoms with Gasteiger partial charge in [-0.15, -0.1) is 0 Å². The van der Waals surface area contributed by atoms with Crippen molar-refractivity contribution in [3.8, 4) is 11.3 Å². The molecule has 3 atom stereocenters. The average molecular weight is 344 g/mol. The number of nitrogens with one attached hydrogen (secondary N) is 1. The first-order chi connectivity index (χ1) is 12.1. The summed E-state index contributed by atoms with van der Waals surface area (Å²) in [5, 5.41) is 10.8. The van der Waals surface area contributed by atoms with Crippen LogP contribution in [0.2, 0.25) is 0 Å². The number of rotatable bonds is 4. The highest BCUT2D eigenvalue weighted by Crippen LogP contribution is 2.40. The molecular weight excluding hydrogens is 327 g/mol. The van der Waals surface area contributed by atoms with Crippen LogP contribution in [0, 0.1) is 21.8 Å². The van der Waals surface area contributed by atoms with E-state index in [1.165, 1.54) is 6.07 Å². The van der Waals surface area contributed by atoms with E-state index in [1.54, 1.807) is 29.3 Å². The number of aromatic nitrogens is 2. The monoisotopic (exact) mass is 344 g/mol. The van der Waals surface area contributed by atoms with Crippen LogP contribution in [0.1, 0.15) is 31.1 Å². The summed E-state index contributed by atoms with van der Waals surface area (Å²) >= 11 is 0. The molecule has 1 aromatic heterocycles. The van der Waals surface area contributed by atoms with Gasteiger partial charge in [-0.1, -0.05) is 12.1 Å². The molecule has 1 aliphatic heterocycles. The zero-order valence-corrected chi connectivity index (χ0v) is 13.4. The number of aromatic amines is 1. The van der Waals surface area contributed by atoms with Crippen molar-refractivity contribution < 1.29 is 14.1 Å². The van der Waals surface area contributed by atoms with Crippen LogP contribution >= 0.6 is 0 Å². The summed E-state index contributed by atoms with van der Waals surface area (Å²) < 4.78 is 13.9. The van der Waals surface area contributed by atoms with E-state index in [4.69, 9.17) is 0 Å². The lowest BCUT2D eigenvalue weighted by Crippen LogP contribution is -2.33. The molecule has 1 saturated heterocycles. The largest absolute Gasteiger partial charge is 0.340 e. The lowest BCUT2D eigenvalue weighted by Gasteiger charge is -2.22. The van der Waals surface area contributed by atoms with Gasteiger partial charge in [0, 0.05) is 23.5 Å². The molecule has 0 bridgehead atoms. The zero-order valence-electron chi connectivity index (χ0n) is 13.4. The first-order valence-electron chi connectivity index (χ1n) is 8.30. The number of carbonyl (C=O) groups is 1. The van der Waals surface area contributed by atoms with Gasteiger partial charge in [-0.2, -0.15) is 0 Å². The van der Waals surface area contributed by atoms with E-state index in [2.05, 4.69) is 9.97 Å². The number of nitro groups is 1. The van der Waals surface area contributed by atoms with Gasteiger partial charge in [0.15, 0.2) is 0 Å². The fourth-order valence-corrected chi connectivity index (χ4v) is 3.53. The topological polar surface area (TPSA) is 92.1 Å². The van der Waals surface area contributed by atoms with Crippen molar-refractivity contribution in [2.75, 3.05) is 6.54 Å². The Labute approximate surface area is 143 Å². The number of halogens is 1. The van der Waals surface area contributed by atoms with Crippen LogP contribution in [0.3, 0.4) is 0 Å². The zero-order chi connectivity index (χ0) is 17.6. The molecule has 1 aliphatic carbocycles. The van der Waals surface area contributed by atoms with E-state index in [1.807, 2.05) is 0 Å². The van der Waals surface area contributed by atoms with E-state index in [9.17, 15) is 19.3 Å². The maximum atomic E-state index is 13.9. The third kappa shape index (κ3) is 2.77. The van der Waals surface area contributed by atoms with Crippen molar-refractivity contribution in [1.29, 1.82) is 0 Å². The van der Waals surface area contributed by atoms with Gasteiger partial charge < -0.3 is 9.88 Å². The van der Waals surface area contributed by atoms with Crippen LogP contribution in [0.5, 0.6) is 0 Å². The number of nitrogens with zero attached hydrogens (tertiary/aromatic N) is 3. The molecule has 2 aromatic rings. The molecule has 1 amide bonds. The molecule has 130 valence electrons. The molecule has 25 heavy (non-hydrogen) atoms. The molecule has 1 saturated carbocycles. The predicted octanol–water partition coefficient (Wildman–Crippen LogP) is 2.54. The number of carbonyl (C=O) groups excluding carboxylic acids is 1. The highest BCUT2D eigenvalue weighted by atomic mass is 19.1. The van der Waals surface area contributed by atoms with E-state index in [0.29, 0.717) is 30.0 Å². The summed E-state index contributed by atoms with van der Waals surface area (Å²) in [5.41, 5.74) is 0.981. The van der Waals surface area contributed by atoms with Crippen LogP contribution in [-0.4, -0.2) is 38.3 Å². The Balaban J connectivity index is 1.55. The first-order valence-corrected chi connectivity index (χ1v) is 8.30. The summed E-state index contributed by atoms with van der Waals surface area (Å²) in [5.74, 6) is -0.434. The SMILES string of the molecule is O=C([C@@H]1C[C@@H]1[N+](=O)[O-])N1CCC[C@H]1c1ncc(-c2ccccc2F)[nH]1. The van der Waals surface area contributed by atoms with Gasteiger partial charge in [0.25, 0.3) is 0 Å². The molecule has 0 unspecified atom stereocenters. The van der Waals surface area contributed by atoms with Crippen LogP contribution in [0.15, 0.2) is 30.5 Å². The predicted molar refractivity (Wildman–Crippen MR) is 86.6 cm³/mol. The van der Waals surface area contributed by atoms with Crippen LogP contribution in [0.25, 0.3) is 11.3 Å². The standard InChI is InChI=1S/C17H17FN4O3/c18-12-5-2-1-4-10(12)13-9-19-16(20-13)14-6-3-7-21(14)17(23)11-8-15(11)22(24)25/h1-2,4-5,9,11,14-15H,3,6-8H2,(H,19,20)/t11-,14+,15+/m1/s1. The van der Waals surface area contributed by atoms with Gasteiger partial charge in [0.1, 0.15) is 17.6 Å². The summed E-state index contributed by atoms with van der Waals surface area (Å²) in [7, 11) is 0. The minimum atomic E-state index is -0.751. The van der Waals surface area contributed by atoms with Crippen molar-refractivity contribution in [2.45, 2.75) is 31.3 Å². The minimum Gasteiger partial charge on any atom is -0.340 e. The molecule has 1 N–H and O–H groups in total. The van der Waals surface area contributed by atoms with E-state index >= 15 is 0 Å². The highest BCUT2D eigenvalue weighted by Gasteiger charge is 2.55. The van der Waals surface area contributed by atoms with Crippen molar-refractivity contribution in [2.24, 2.45) is 5.92 Å². The Kier molecular flexibility index (Phi) is 3.74. The van der Waals surface area contributed by atoms with Gasteiger partial charge >= 0.3 is 0 Å². The quantitative estimate of drug-likeness (QED) is 0.681. The minimum absolute atomic E-state index is 0.173. The van der Waals surface area contributed by atoms with Gasteiger partial charge in [-0.05, 0) is 25.0 Å². The fourth-order valence-electron chi connectivity index (χ4n) is 3.53. The van der Waals surface area contributed by atoms with Gasteiger partial charge in [-0.3, -0.25) is 14.9 Å². The fraction of sp³-hybridized carbons (Fsp3) is 0.412. The highest BCUT2D eigenvalue weighted by molar-refractivity contribution is 5.82. The van der Waals surface area contributed by atoms with Crippen LogP contribution in [0.4, 0.5) is 4.39 Å². The molecule has 2 heterocycles. The third-order valence-corrected chi connectivity index (χ3v) is 4.96. The second-order valence-electron chi connectivity index (χ2n) is 6.55. The molecule has 2 fully saturated rings. The number of amides is 1. The molecular formula is C17H17FN4O3. The van der Waals surface area contributed by atoms with Crippen molar-refractivity contribution in [3.05, 3.63) is 52.2 Å². The second kappa shape index (κ2) is 5.94. The number of likely N-dealkylation sites (tertiary alicyclic amines) is 1. The molecule has 2 aliphatic rings. The summed E-state index contributed by atoms with van der Waals surface area (Å²) in [6.07, 6.45) is 3.44. The number of imidazole rings is 1. The first kappa shape index (κ1) is 15.7. The summed E-state index contributed by atoms with van der Waals surface area (Å²) in [6, 6.07) is 5.42. The Morgan fingerprint density at radius 2 is 2.20 bits per heavy atom. The van der Waals surface area contributed by atoms with Crippen molar-refractivity contribution in [1.82, 2.24) is 14.9 Å². The Hall–Kier alpha value is -2.77. The van der Waals surface area contributed by atoms with Gasteiger partial charge in [0.05, 0.1) is 17.9 Å². The molecule has 1 aromatic carbocycles. The number of benzene rings is 1. The second-order valence-corrected chi connectivity index (χ2v) is 6.55. The Morgan fingerprint density at radius 1 is 1.40 bits per heavy atom. The van der Waals surface area contributed by atoms with Crippen LogP contribution < -0.4 is 0 Å². The van der Waals surface area contributed by atoms with Crippen molar-refractivity contribution >= 4 is 5.91 Å². The smallest absolute Gasteiger partial charge is 0.233 e. The molecule has 8 heteroatoms. The normalized spacial score (nSPS) is 25.2. The number of H-pyrrole nitrogens is 1. The number of hydrogen-bond donors (Lipinski definition) is 1. The molecule has 4 rings (SSSR count). The average Bonchev–Trinajstić information content (AvgIpc) is 3.02. The summed E-state index contributed by atoms with van der Waals surface area (Å²) in [4.78, 5) is 32.1. The number of hydrogen-bond acceptors (Lipinski definition) is 4. The van der Waals surface area contributed by atoms with Gasteiger partial charge in [-0.25, -0.2) is 9.37 Å². The third-order valence-electron chi connectivity index (χ3n) is 4.96. The Bertz CT molecular complexity index is 837. The van der Waals surface area contributed by atoms with E-state index < -0.39 is 12.0 Å². The van der Waals surface area contributed by atoms with E-state index in [0.717, 1.165) is 12.8 Å². The Morgan fingerprint density at radius 3 is 2.92 bits per heavy atom. The molecule has 0 radical (unpaired) electrons. The van der Waals surface area contributed by atoms with Crippen LogP contribution in [-0.2, 0) is 4.79 Å². The summed E-state index contributed by atoms with van der Waals surface area (Å²) in [6.45, 7) is 0.570. The molecule has 7 nitrogen and oxygen atoms in total. The van der Waals surface area contributed by atoms with Gasteiger partial charge in [0.2, 0.25) is 11.9 Å². The maximum absolute atomic E-state index is 13.9. The lowest BCUT2D eigenvalue weighted by atomic mass is 10.1. The maximum Gasteiger partial charge on any atom is 0.233 e. The lowest BCUT2D eigenvalue weighted by molar-refractivity contribution is -0.497. The molecule has 0 spiro atoms. The van der Waals surface area contributed by atoms with Crippen molar-refractivity contribution in [3.63, 3.8) is 0 Å². The van der Waals surface area contributed by atoms with E-state index in [-0.39, 0.29) is 22.7 Å².